The Morgan fingerprint density at radius 2 is 2.06 bits per heavy atom. The van der Waals surface area contributed by atoms with Crippen LogP contribution < -0.4 is 10.2 Å². The van der Waals surface area contributed by atoms with Crippen molar-refractivity contribution in [2.45, 2.75) is 39.5 Å². The van der Waals surface area contributed by atoms with E-state index in [9.17, 15) is 9.59 Å². The molecule has 0 saturated carbocycles. The fourth-order valence-corrected chi connectivity index (χ4v) is 5.46. The lowest BCUT2D eigenvalue weighted by Crippen LogP contribution is -2.49. The third-order valence-electron chi connectivity index (χ3n) is 6.09. The third kappa shape index (κ3) is 5.23. The van der Waals surface area contributed by atoms with Crippen LogP contribution in [0.5, 0.6) is 0 Å². The van der Waals surface area contributed by atoms with Gasteiger partial charge in [0.1, 0.15) is 0 Å². The molecule has 0 aromatic carbocycles. The molecule has 0 unspecified atom stereocenters. The van der Waals surface area contributed by atoms with E-state index in [4.69, 9.17) is 4.98 Å². The minimum atomic E-state index is 0.0233. The molecule has 166 valence electrons. The predicted molar refractivity (Wildman–Crippen MR) is 122 cm³/mol. The predicted octanol–water partition coefficient (Wildman–Crippen LogP) is 2.31. The van der Waals surface area contributed by atoms with Crippen LogP contribution in [0.25, 0.3) is 0 Å². The lowest BCUT2D eigenvalue weighted by atomic mass is 9.90. The van der Waals surface area contributed by atoms with Crippen molar-refractivity contribution in [2.24, 2.45) is 11.8 Å². The Morgan fingerprint density at radius 1 is 1.26 bits per heavy atom. The number of nitrogens with zero attached hydrogens (tertiary/aromatic N) is 4. The van der Waals surface area contributed by atoms with E-state index < -0.39 is 0 Å². The van der Waals surface area contributed by atoms with Crippen LogP contribution in [0, 0.1) is 11.8 Å². The van der Waals surface area contributed by atoms with E-state index in [0.717, 1.165) is 68.3 Å². The van der Waals surface area contributed by atoms with Gasteiger partial charge in [-0.1, -0.05) is 19.9 Å². The number of hydrogen-bond donors (Lipinski definition) is 1. The number of nitrogens with one attached hydrogen (secondary N) is 1. The van der Waals surface area contributed by atoms with Gasteiger partial charge in [0.15, 0.2) is 5.13 Å². The summed E-state index contributed by atoms with van der Waals surface area (Å²) in [5.74, 6) is 0.446. The molecule has 0 radical (unpaired) electrons. The standard InChI is InChI=1S/C23H31N5O2S/c1-16(2)22(30)27-10-12-28(13-11-27)23-26-19-6-5-18(14-20(19)31-23)21(29)25-9-7-17-4-3-8-24-15-17/h3-4,8,15-16,18H,5-7,9-14H2,1-2H3,(H,25,29)/t18-/m0/s1. The average molecular weight is 442 g/mol. The number of aryl methyl sites for hydroxylation is 1. The number of anilines is 1. The number of carbonyl (C=O) groups is 2. The number of amides is 2. The molecule has 1 aliphatic heterocycles. The van der Waals surface area contributed by atoms with Gasteiger partial charge in [-0.3, -0.25) is 14.6 Å². The Balaban J connectivity index is 1.28. The molecule has 8 heteroatoms. The number of hydrogen-bond acceptors (Lipinski definition) is 6. The Labute approximate surface area is 187 Å². The largest absolute Gasteiger partial charge is 0.356 e. The van der Waals surface area contributed by atoms with E-state index >= 15 is 0 Å². The summed E-state index contributed by atoms with van der Waals surface area (Å²) in [7, 11) is 0. The smallest absolute Gasteiger partial charge is 0.225 e. The van der Waals surface area contributed by atoms with Gasteiger partial charge < -0.3 is 15.1 Å². The summed E-state index contributed by atoms with van der Waals surface area (Å²) in [6.45, 7) is 7.70. The van der Waals surface area contributed by atoms with Crippen molar-refractivity contribution >= 4 is 28.3 Å². The van der Waals surface area contributed by atoms with Crippen LogP contribution in [0.4, 0.5) is 5.13 Å². The molecular formula is C23H31N5O2S. The fraction of sp³-hybridized carbons (Fsp3) is 0.565. The molecule has 2 aromatic rings. The van der Waals surface area contributed by atoms with E-state index in [1.165, 1.54) is 4.88 Å². The van der Waals surface area contributed by atoms with Crippen LogP contribution in [0.3, 0.4) is 0 Å². The van der Waals surface area contributed by atoms with E-state index in [1.54, 1.807) is 17.5 Å². The number of rotatable bonds is 6. The summed E-state index contributed by atoms with van der Waals surface area (Å²) in [6.07, 6.45) is 6.89. The van der Waals surface area contributed by atoms with Gasteiger partial charge in [0.05, 0.1) is 5.69 Å². The van der Waals surface area contributed by atoms with Crippen LogP contribution in [0.1, 0.15) is 36.4 Å². The van der Waals surface area contributed by atoms with Gasteiger partial charge in [0, 0.05) is 61.8 Å². The topological polar surface area (TPSA) is 78.4 Å². The van der Waals surface area contributed by atoms with Crippen molar-refractivity contribution in [1.29, 1.82) is 0 Å². The second-order valence-electron chi connectivity index (χ2n) is 8.68. The van der Waals surface area contributed by atoms with Crippen LogP contribution in [-0.4, -0.2) is 59.4 Å². The number of pyridine rings is 1. The normalized spacial score (nSPS) is 18.7. The van der Waals surface area contributed by atoms with Crippen molar-refractivity contribution in [3.05, 3.63) is 40.7 Å². The maximum Gasteiger partial charge on any atom is 0.225 e. The second kappa shape index (κ2) is 9.77. The summed E-state index contributed by atoms with van der Waals surface area (Å²) in [4.78, 5) is 39.4. The zero-order chi connectivity index (χ0) is 21.8. The van der Waals surface area contributed by atoms with Crippen LogP contribution in [-0.2, 0) is 28.9 Å². The van der Waals surface area contributed by atoms with E-state index in [1.807, 2.05) is 37.1 Å². The Hall–Kier alpha value is -2.48. The third-order valence-corrected chi connectivity index (χ3v) is 7.27. The highest BCUT2D eigenvalue weighted by Crippen LogP contribution is 2.34. The van der Waals surface area contributed by atoms with E-state index in [-0.39, 0.29) is 23.7 Å². The minimum absolute atomic E-state index is 0.0233. The SMILES string of the molecule is CC(C)C(=O)N1CCN(c2nc3c(s2)C[C@@H](C(=O)NCCc2cccnc2)CC3)CC1. The summed E-state index contributed by atoms with van der Waals surface area (Å²) in [5.41, 5.74) is 2.29. The van der Waals surface area contributed by atoms with Gasteiger partial charge in [-0.05, 0) is 37.3 Å². The summed E-state index contributed by atoms with van der Waals surface area (Å²) >= 11 is 1.72. The molecule has 7 nitrogen and oxygen atoms in total. The van der Waals surface area contributed by atoms with Crippen molar-refractivity contribution in [1.82, 2.24) is 20.2 Å². The first-order valence-electron chi connectivity index (χ1n) is 11.2. The molecular weight excluding hydrogens is 410 g/mol. The maximum absolute atomic E-state index is 12.7. The highest BCUT2D eigenvalue weighted by molar-refractivity contribution is 7.15. The molecule has 2 aromatic heterocycles. The number of thiazole rings is 1. The molecule has 1 aliphatic carbocycles. The summed E-state index contributed by atoms with van der Waals surface area (Å²) < 4.78 is 0. The van der Waals surface area contributed by atoms with Crippen molar-refractivity contribution < 1.29 is 9.59 Å². The zero-order valence-corrected chi connectivity index (χ0v) is 19.2. The van der Waals surface area contributed by atoms with Crippen LogP contribution in [0.15, 0.2) is 24.5 Å². The van der Waals surface area contributed by atoms with Gasteiger partial charge >= 0.3 is 0 Å². The number of piperazine rings is 1. The van der Waals surface area contributed by atoms with Gasteiger partial charge in [-0.25, -0.2) is 4.98 Å². The first-order valence-corrected chi connectivity index (χ1v) is 12.0. The molecule has 4 rings (SSSR count). The first-order chi connectivity index (χ1) is 15.0. The Morgan fingerprint density at radius 3 is 2.77 bits per heavy atom. The molecule has 2 aliphatic rings. The highest BCUT2D eigenvalue weighted by Gasteiger charge is 2.30. The van der Waals surface area contributed by atoms with Crippen LogP contribution in [0.2, 0.25) is 0 Å². The molecule has 0 spiro atoms. The highest BCUT2D eigenvalue weighted by atomic mass is 32.1. The van der Waals surface area contributed by atoms with Gasteiger partial charge in [0.2, 0.25) is 11.8 Å². The number of fused-ring (bicyclic) bond motifs is 1. The minimum Gasteiger partial charge on any atom is -0.356 e. The van der Waals surface area contributed by atoms with Gasteiger partial charge in [-0.2, -0.15) is 0 Å². The first kappa shape index (κ1) is 21.7. The monoisotopic (exact) mass is 441 g/mol. The molecule has 1 fully saturated rings. The number of carbonyl (C=O) groups excluding carboxylic acids is 2. The molecule has 1 N–H and O–H groups in total. The zero-order valence-electron chi connectivity index (χ0n) is 18.3. The summed E-state index contributed by atoms with van der Waals surface area (Å²) in [5, 5.41) is 4.14. The fourth-order valence-electron chi connectivity index (χ4n) is 4.22. The molecule has 3 heterocycles. The van der Waals surface area contributed by atoms with Crippen molar-refractivity contribution in [3.63, 3.8) is 0 Å². The van der Waals surface area contributed by atoms with Gasteiger partial charge in [0.25, 0.3) is 0 Å². The maximum atomic E-state index is 12.7. The second-order valence-corrected chi connectivity index (χ2v) is 9.74. The van der Waals surface area contributed by atoms with E-state index in [2.05, 4.69) is 15.2 Å². The van der Waals surface area contributed by atoms with Crippen molar-refractivity contribution in [3.8, 4) is 0 Å². The lowest BCUT2D eigenvalue weighted by molar-refractivity contribution is -0.134. The average Bonchev–Trinajstić information content (AvgIpc) is 3.22. The lowest BCUT2D eigenvalue weighted by Gasteiger charge is -2.35. The Bertz CT molecular complexity index is 906. The van der Waals surface area contributed by atoms with Crippen LogP contribution >= 0.6 is 11.3 Å². The molecule has 0 bridgehead atoms. The number of aromatic nitrogens is 2. The Kier molecular flexibility index (Phi) is 6.85. The molecule has 1 saturated heterocycles. The van der Waals surface area contributed by atoms with E-state index in [0.29, 0.717) is 6.54 Å². The molecule has 31 heavy (non-hydrogen) atoms. The quantitative estimate of drug-likeness (QED) is 0.744. The van der Waals surface area contributed by atoms with Gasteiger partial charge in [-0.15, -0.1) is 11.3 Å². The summed E-state index contributed by atoms with van der Waals surface area (Å²) in [6, 6.07) is 3.95. The van der Waals surface area contributed by atoms with Crippen molar-refractivity contribution in [2.75, 3.05) is 37.6 Å². The molecule has 2 amide bonds. The molecule has 1 atom stereocenters.